The van der Waals surface area contributed by atoms with Gasteiger partial charge in [-0.05, 0) is 31.0 Å². The molecular weight excluding hydrogens is 284 g/mol. The van der Waals surface area contributed by atoms with Gasteiger partial charge in [0, 0.05) is 12.6 Å². The van der Waals surface area contributed by atoms with E-state index in [-0.39, 0.29) is 5.91 Å². The van der Waals surface area contributed by atoms with Crippen LogP contribution in [0.2, 0.25) is 0 Å². The van der Waals surface area contributed by atoms with Gasteiger partial charge in [0.1, 0.15) is 5.52 Å². The maximum atomic E-state index is 12.4. The number of carboxylic acid groups (broad SMARTS) is 1. The van der Waals surface area contributed by atoms with Gasteiger partial charge < -0.3 is 14.8 Å². The molecule has 2 aromatic rings. The second-order valence-corrected chi connectivity index (χ2v) is 5.40. The van der Waals surface area contributed by atoms with Crippen molar-refractivity contribution < 1.29 is 19.1 Å². The molecular formula is C16H16N2O4. The number of aliphatic carboxylic acids is 1. The molecule has 2 N–H and O–H groups in total. The molecule has 1 aromatic heterocycles. The highest BCUT2D eigenvalue weighted by Crippen LogP contribution is 2.28. The van der Waals surface area contributed by atoms with E-state index in [0.29, 0.717) is 35.5 Å². The number of hydrogen-bond acceptors (Lipinski definition) is 4. The lowest BCUT2D eigenvalue weighted by Crippen LogP contribution is -2.34. The van der Waals surface area contributed by atoms with Crippen LogP contribution in [-0.2, 0) is 9.59 Å². The maximum absolute atomic E-state index is 12.4. The van der Waals surface area contributed by atoms with Crippen LogP contribution in [-0.4, -0.2) is 22.0 Å². The van der Waals surface area contributed by atoms with Gasteiger partial charge in [-0.25, -0.2) is 4.98 Å². The van der Waals surface area contributed by atoms with Gasteiger partial charge in [0.15, 0.2) is 11.5 Å². The zero-order chi connectivity index (χ0) is 15.7. The highest BCUT2D eigenvalue weighted by molar-refractivity contribution is 5.96. The molecule has 1 aromatic carbocycles. The second kappa shape index (κ2) is 5.63. The molecule has 2 unspecified atom stereocenters. The summed E-state index contributed by atoms with van der Waals surface area (Å²) >= 11 is 0. The van der Waals surface area contributed by atoms with E-state index >= 15 is 0 Å². The van der Waals surface area contributed by atoms with Crippen LogP contribution in [0.1, 0.15) is 18.7 Å². The third-order valence-electron chi connectivity index (χ3n) is 3.85. The van der Waals surface area contributed by atoms with E-state index in [1.807, 2.05) is 12.2 Å². The molecule has 0 saturated carbocycles. The van der Waals surface area contributed by atoms with E-state index in [1.54, 1.807) is 25.1 Å². The number of rotatable bonds is 3. The molecule has 3 rings (SSSR count). The fourth-order valence-electron chi connectivity index (χ4n) is 2.73. The number of aromatic nitrogens is 1. The highest BCUT2D eigenvalue weighted by Gasteiger charge is 2.33. The van der Waals surface area contributed by atoms with Crippen LogP contribution in [0, 0.1) is 18.8 Å². The molecule has 6 nitrogen and oxygen atoms in total. The van der Waals surface area contributed by atoms with Crippen molar-refractivity contribution in [2.45, 2.75) is 19.8 Å². The summed E-state index contributed by atoms with van der Waals surface area (Å²) in [6.07, 6.45) is 4.49. The van der Waals surface area contributed by atoms with Crippen molar-refractivity contribution in [1.29, 1.82) is 0 Å². The van der Waals surface area contributed by atoms with Crippen LogP contribution < -0.4 is 5.32 Å². The van der Waals surface area contributed by atoms with Crippen molar-refractivity contribution in [3.63, 3.8) is 0 Å². The monoisotopic (exact) mass is 300 g/mol. The van der Waals surface area contributed by atoms with Crippen molar-refractivity contribution in [3.8, 4) is 0 Å². The molecule has 1 amide bonds. The molecule has 1 heterocycles. The minimum atomic E-state index is -0.938. The van der Waals surface area contributed by atoms with Crippen LogP contribution in [0.25, 0.3) is 11.1 Å². The Morgan fingerprint density at radius 1 is 1.27 bits per heavy atom. The Hall–Kier alpha value is -2.63. The second-order valence-electron chi connectivity index (χ2n) is 5.40. The van der Waals surface area contributed by atoms with E-state index in [1.165, 1.54) is 0 Å². The third-order valence-corrected chi connectivity index (χ3v) is 3.85. The van der Waals surface area contributed by atoms with Crippen LogP contribution in [0.15, 0.2) is 34.8 Å². The maximum Gasteiger partial charge on any atom is 0.307 e. The van der Waals surface area contributed by atoms with Crippen LogP contribution in [0.3, 0.4) is 0 Å². The normalized spacial score (nSPS) is 21.0. The van der Waals surface area contributed by atoms with Gasteiger partial charge in [-0.2, -0.15) is 0 Å². The lowest BCUT2D eigenvalue weighted by Gasteiger charge is -2.24. The number of nitrogens with zero attached hydrogens (tertiary/aromatic N) is 1. The number of allylic oxidation sites excluding steroid dienone is 2. The Kier molecular flexibility index (Phi) is 3.66. The lowest BCUT2D eigenvalue weighted by atomic mass is 9.82. The molecule has 2 atom stereocenters. The first-order chi connectivity index (χ1) is 10.5. The zero-order valence-corrected chi connectivity index (χ0v) is 12.1. The van der Waals surface area contributed by atoms with Crippen LogP contribution in [0.4, 0.5) is 5.69 Å². The van der Waals surface area contributed by atoms with E-state index in [9.17, 15) is 14.7 Å². The van der Waals surface area contributed by atoms with E-state index in [0.717, 1.165) is 0 Å². The van der Waals surface area contributed by atoms with Gasteiger partial charge in [0.05, 0.1) is 11.8 Å². The SMILES string of the molecule is Cc1nc2cc(NC(=O)C3CC=CCC3C(=O)O)ccc2o1. The number of anilines is 1. The Labute approximate surface area is 126 Å². The summed E-state index contributed by atoms with van der Waals surface area (Å²) in [5.74, 6) is -1.90. The summed E-state index contributed by atoms with van der Waals surface area (Å²) in [5.41, 5.74) is 1.90. The topological polar surface area (TPSA) is 92.4 Å². The number of nitrogens with one attached hydrogen (secondary N) is 1. The van der Waals surface area contributed by atoms with Crippen molar-refractivity contribution >= 4 is 28.7 Å². The first-order valence-electron chi connectivity index (χ1n) is 7.10. The summed E-state index contributed by atoms with van der Waals surface area (Å²) in [6.45, 7) is 1.75. The van der Waals surface area contributed by atoms with Crippen molar-refractivity contribution in [2.24, 2.45) is 11.8 Å². The zero-order valence-electron chi connectivity index (χ0n) is 12.1. The van der Waals surface area contributed by atoms with Gasteiger partial charge in [-0.1, -0.05) is 12.2 Å². The number of carbonyl (C=O) groups excluding carboxylic acids is 1. The summed E-state index contributed by atoms with van der Waals surface area (Å²) in [6, 6.07) is 5.18. The Bertz CT molecular complexity index is 763. The fourth-order valence-corrected chi connectivity index (χ4v) is 2.73. The Balaban J connectivity index is 1.79. The lowest BCUT2D eigenvalue weighted by molar-refractivity contribution is -0.146. The van der Waals surface area contributed by atoms with Gasteiger partial charge in [-0.15, -0.1) is 0 Å². The smallest absolute Gasteiger partial charge is 0.307 e. The van der Waals surface area contributed by atoms with Gasteiger partial charge in [0.2, 0.25) is 5.91 Å². The van der Waals surface area contributed by atoms with Gasteiger partial charge in [-0.3, -0.25) is 9.59 Å². The number of fused-ring (bicyclic) bond motifs is 1. The average Bonchev–Trinajstić information content (AvgIpc) is 2.86. The summed E-state index contributed by atoms with van der Waals surface area (Å²) in [5, 5.41) is 12.0. The predicted octanol–water partition coefficient (Wildman–Crippen LogP) is 2.74. The molecule has 1 aliphatic carbocycles. The molecule has 22 heavy (non-hydrogen) atoms. The molecule has 6 heteroatoms. The molecule has 0 bridgehead atoms. The van der Waals surface area contributed by atoms with Gasteiger partial charge in [0.25, 0.3) is 0 Å². The number of carbonyl (C=O) groups is 2. The minimum absolute atomic E-state index is 0.281. The molecule has 0 saturated heterocycles. The molecule has 0 radical (unpaired) electrons. The molecule has 0 aliphatic heterocycles. The molecule has 1 aliphatic rings. The number of amides is 1. The molecule has 114 valence electrons. The fraction of sp³-hybridized carbons (Fsp3) is 0.312. The summed E-state index contributed by atoms with van der Waals surface area (Å²) < 4.78 is 5.38. The standard InChI is InChI=1S/C16H16N2O4/c1-9-17-13-8-10(6-7-14(13)22-9)18-15(19)11-4-2-3-5-12(11)16(20)21/h2-3,6-8,11-12H,4-5H2,1H3,(H,18,19)(H,20,21). The first-order valence-corrected chi connectivity index (χ1v) is 7.10. The third kappa shape index (κ3) is 2.72. The predicted molar refractivity (Wildman–Crippen MR) is 80.4 cm³/mol. The summed E-state index contributed by atoms with van der Waals surface area (Å²) in [7, 11) is 0. The number of hydrogen-bond donors (Lipinski definition) is 2. The molecule has 0 spiro atoms. The largest absolute Gasteiger partial charge is 0.481 e. The van der Waals surface area contributed by atoms with Crippen molar-refractivity contribution in [3.05, 3.63) is 36.2 Å². The van der Waals surface area contributed by atoms with Crippen LogP contribution in [0.5, 0.6) is 0 Å². The van der Waals surface area contributed by atoms with Crippen molar-refractivity contribution in [1.82, 2.24) is 4.98 Å². The Morgan fingerprint density at radius 3 is 2.73 bits per heavy atom. The number of carboxylic acids is 1. The van der Waals surface area contributed by atoms with E-state index in [4.69, 9.17) is 4.42 Å². The van der Waals surface area contributed by atoms with E-state index < -0.39 is 17.8 Å². The van der Waals surface area contributed by atoms with Crippen LogP contribution >= 0.6 is 0 Å². The highest BCUT2D eigenvalue weighted by atomic mass is 16.4. The first kappa shape index (κ1) is 14.3. The number of oxazole rings is 1. The quantitative estimate of drug-likeness (QED) is 0.850. The Morgan fingerprint density at radius 2 is 2.00 bits per heavy atom. The number of aryl methyl sites for hydroxylation is 1. The van der Waals surface area contributed by atoms with E-state index in [2.05, 4.69) is 10.3 Å². The number of benzene rings is 1. The molecule has 0 fully saturated rings. The van der Waals surface area contributed by atoms with Crippen molar-refractivity contribution in [2.75, 3.05) is 5.32 Å². The van der Waals surface area contributed by atoms with Gasteiger partial charge >= 0.3 is 5.97 Å². The average molecular weight is 300 g/mol. The summed E-state index contributed by atoms with van der Waals surface area (Å²) in [4.78, 5) is 27.8. The minimum Gasteiger partial charge on any atom is -0.481 e.